The number of carbonyl (C=O) groups excluding carboxylic acids is 1. The van der Waals surface area contributed by atoms with Gasteiger partial charge in [-0.3, -0.25) is 4.79 Å². The Morgan fingerprint density at radius 1 is 1.18 bits per heavy atom. The first kappa shape index (κ1) is 19.6. The molecule has 0 bridgehead atoms. The standard InChI is InChI=1S/C22H27N5O/c1-4-26(5-2)19-12-10-18(11-13-19)14-24-25-22(28)17(3)15-27-16-23-20-8-6-7-9-21(20)27/h6-14,16-17H,4-5,15H2,1-3H3,(H,25,28)/b24-14-/t17-/m1/s1. The van der Waals surface area contributed by atoms with Crippen LogP contribution in [0.15, 0.2) is 60.0 Å². The maximum absolute atomic E-state index is 12.4. The first-order valence-corrected chi connectivity index (χ1v) is 9.70. The van der Waals surface area contributed by atoms with Crippen LogP contribution in [-0.4, -0.2) is 34.8 Å². The molecule has 0 fully saturated rings. The van der Waals surface area contributed by atoms with Gasteiger partial charge in [0.25, 0.3) is 0 Å². The summed E-state index contributed by atoms with van der Waals surface area (Å²) in [6.07, 6.45) is 3.44. The number of rotatable bonds is 8. The lowest BCUT2D eigenvalue weighted by molar-refractivity contribution is -0.124. The van der Waals surface area contributed by atoms with E-state index in [9.17, 15) is 4.79 Å². The first-order chi connectivity index (χ1) is 13.6. The molecule has 6 heteroatoms. The van der Waals surface area contributed by atoms with Gasteiger partial charge in [-0.05, 0) is 43.7 Å². The van der Waals surface area contributed by atoms with E-state index in [1.165, 1.54) is 5.69 Å². The summed E-state index contributed by atoms with van der Waals surface area (Å²) in [6, 6.07) is 16.1. The number of carbonyl (C=O) groups is 1. The molecule has 0 unspecified atom stereocenters. The van der Waals surface area contributed by atoms with E-state index in [1.54, 1.807) is 12.5 Å². The topological polar surface area (TPSA) is 62.5 Å². The minimum atomic E-state index is -0.222. The Kier molecular flexibility index (Phi) is 6.42. The van der Waals surface area contributed by atoms with Gasteiger partial charge in [0, 0.05) is 25.3 Å². The number of benzene rings is 2. The summed E-state index contributed by atoms with van der Waals surface area (Å²) in [5.74, 6) is -0.339. The van der Waals surface area contributed by atoms with E-state index in [0.29, 0.717) is 6.54 Å². The zero-order valence-corrected chi connectivity index (χ0v) is 16.7. The van der Waals surface area contributed by atoms with Crippen LogP contribution in [0.3, 0.4) is 0 Å². The Balaban J connectivity index is 1.55. The highest BCUT2D eigenvalue weighted by Gasteiger charge is 2.14. The molecule has 146 valence electrons. The van der Waals surface area contributed by atoms with E-state index in [-0.39, 0.29) is 11.8 Å². The molecule has 1 N–H and O–H groups in total. The van der Waals surface area contributed by atoms with Crippen LogP contribution in [0.4, 0.5) is 5.69 Å². The van der Waals surface area contributed by atoms with E-state index in [1.807, 2.05) is 47.9 Å². The van der Waals surface area contributed by atoms with Gasteiger partial charge in [0.05, 0.1) is 29.5 Å². The zero-order valence-electron chi connectivity index (χ0n) is 16.7. The predicted molar refractivity (Wildman–Crippen MR) is 115 cm³/mol. The van der Waals surface area contributed by atoms with Crippen LogP contribution in [-0.2, 0) is 11.3 Å². The van der Waals surface area contributed by atoms with Crippen LogP contribution < -0.4 is 10.3 Å². The summed E-state index contributed by atoms with van der Waals surface area (Å²) in [6.45, 7) is 8.68. The number of anilines is 1. The molecule has 0 saturated heterocycles. The maximum Gasteiger partial charge on any atom is 0.244 e. The van der Waals surface area contributed by atoms with Gasteiger partial charge in [0.2, 0.25) is 5.91 Å². The van der Waals surface area contributed by atoms with Crippen molar-refractivity contribution in [3.05, 3.63) is 60.4 Å². The number of amides is 1. The fourth-order valence-corrected chi connectivity index (χ4v) is 3.17. The molecule has 1 atom stereocenters. The highest BCUT2D eigenvalue weighted by Crippen LogP contribution is 2.15. The summed E-state index contributed by atoms with van der Waals surface area (Å²) in [5.41, 5.74) is 6.73. The Hall–Kier alpha value is -3.15. The molecular formula is C22H27N5O. The third kappa shape index (κ3) is 4.57. The fourth-order valence-electron chi connectivity index (χ4n) is 3.17. The highest BCUT2D eigenvalue weighted by molar-refractivity contribution is 5.83. The second-order valence-electron chi connectivity index (χ2n) is 6.78. The molecule has 28 heavy (non-hydrogen) atoms. The van der Waals surface area contributed by atoms with Crippen LogP contribution in [0, 0.1) is 5.92 Å². The van der Waals surface area contributed by atoms with Crippen molar-refractivity contribution in [2.75, 3.05) is 18.0 Å². The molecule has 3 aromatic rings. The molecule has 2 aromatic carbocycles. The van der Waals surface area contributed by atoms with Crippen molar-refractivity contribution < 1.29 is 4.79 Å². The largest absolute Gasteiger partial charge is 0.372 e. The molecular weight excluding hydrogens is 350 g/mol. The second kappa shape index (κ2) is 9.17. The molecule has 0 radical (unpaired) electrons. The lowest BCUT2D eigenvalue weighted by atomic mass is 10.1. The molecule has 1 amide bonds. The van der Waals surface area contributed by atoms with Crippen LogP contribution >= 0.6 is 0 Å². The third-order valence-corrected chi connectivity index (χ3v) is 4.86. The van der Waals surface area contributed by atoms with Crippen molar-refractivity contribution in [3.63, 3.8) is 0 Å². The lowest BCUT2D eigenvalue weighted by Gasteiger charge is -2.20. The Morgan fingerprint density at radius 3 is 2.61 bits per heavy atom. The van der Waals surface area contributed by atoms with E-state index >= 15 is 0 Å². The van der Waals surface area contributed by atoms with Crippen molar-refractivity contribution >= 4 is 28.8 Å². The fraction of sp³-hybridized carbons (Fsp3) is 0.318. The van der Waals surface area contributed by atoms with Crippen LogP contribution in [0.1, 0.15) is 26.3 Å². The quantitative estimate of drug-likeness (QED) is 0.481. The monoisotopic (exact) mass is 377 g/mol. The van der Waals surface area contributed by atoms with Crippen molar-refractivity contribution in [2.45, 2.75) is 27.3 Å². The average Bonchev–Trinajstić information content (AvgIpc) is 3.13. The first-order valence-electron chi connectivity index (χ1n) is 9.70. The Bertz CT molecular complexity index is 941. The third-order valence-electron chi connectivity index (χ3n) is 4.86. The van der Waals surface area contributed by atoms with Gasteiger partial charge in [0.1, 0.15) is 0 Å². The SMILES string of the molecule is CCN(CC)c1ccc(/C=N\NC(=O)[C@H](C)Cn2cnc3ccccc32)cc1. The number of para-hydroxylation sites is 2. The van der Waals surface area contributed by atoms with Gasteiger partial charge in [0.15, 0.2) is 0 Å². The Labute approximate surface area is 165 Å². The summed E-state index contributed by atoms with van der Waals surface area (Å²) in [4.78, 5) is 19.0. The van der Waals surface area contributed by atoms with Crippen LogP contribution in [0.2, 0.25) is 0 Å². The number of hydrogen-bond acceptors (Lipinski definition) is 4. The molecule has 0 aliphatic rings. The summed E-state index contributed by atoms with van der Waals surface area (Å²) in [5, 5.41) is 4.11. The number of hydrogen-bond donors (Lipinski definition) is 1. The van der Waals surface area contributed by atoms with Gasteiger partial charge >= 0.3 is 0 Å². The number of aromatic nitrogens is 2. The second-order valence-corrected chi connectivity index (χ2v) is 6.78. The molecule has 6 nitrogen and oxygen atoms in total. The van der Waals surface area contributed by atoms with Gasteiger partial charge in [-0.1, -0.05) is 31.2 Å². The van der Waals surface area contributed by atoms with Gasteiger partial charge in [-0.2, -0.15) is 5.10 Å². The molecule has 3 rings (SSSR count). The summed E-state index contributed by atoms with van der Waals surface area (Å²) < 4.78 is 2.00. The normalized spacial score (nSPS) is 12.4. The number of nitrogens with zero attached hydrogens (tertiary/aromatic N) is 4. The van der Waals surface area contributed by atoms with E-state index in [2.05, 4.69) is 46.4 Å². The predicted octanol–water partition coefficient (Wildman–Crippen LogP) is 3.67. The molecule has 0 aliphatic heterocycles. The molecule has 0 saturated carbocycles. The van der Waals surface area contributed by atoms with Gasteiger partial charge in [-0.15, -0.1) is 0 Å². The highest BCUT2D eigenvalue weighted by atomic mass is 16.2. The van der Waals surface area contributed by atoms with E-state index < -0.39 is 0 Å². The Morgan fingerprint density at radius 2 is 1.89 bits per heavy atom. The maximum atomic E-state index is 12.4. The van der Waals surface area contributed by atoms with E-state index in [4.69, 9.17) is 0 Å². The van der Waals surface area contributed by atoms with Gasteiger partial charge in [-0.25, -0.2) is 10.4 Å². The van der Waals surface area contributed by atoms with Crippen LogP contribution in [0.25, 0.3) is 11.0 Å². The van der Waals surface area contributed by atoms with Crippen LogP contribution in [0.5, 0.6) is 0 Å². The summed E-state index contributed by atoms with van der Waals surface area (Å²) in [7, 11) is 0. The molecule has 0 aliphatic carbocycles. The minimum absolute atomic E-state index is 0.117. The number of nitrogens with one attached hydrogen (secondary N) is 1. The smallest absolute Gasteiger partial charge is 0.244 e. The number of imidazole rings is 1. The average molecular weight is 377 g/mol. The molecule has 1 aromatic heterocycles. The van der Waals surface area contributed by atoms with Crippen molar-refractivity contribution in [3.8, 4) is 0 Å². The number of fused-ring (bicyclic) bond motifs is 1. The van der Waals surface area contributed by atoms with Crippen molar-refractivity contribution in [1.29, 1.82) is 0 Å². The van der Waals surface area contributed by atoms with Gasteiger partial charge < -0.3 is 9.47 Å². The van der Waals surface area contributed by atoms with E-state index in [0.717, 1.165) is 29.7 Å². The minimum Gasteiger partial charge on any atom is -0.372 e. The lowest BCUT2D eigenvalue weighted by Crippen LogP contribution is -2.28. The summed E-state index contributed by atoms with van der Waals surface area (Å²) >= 11 is 0. The molecule has 0 spiro atoms. The zero-order chi connectivity index (χ0) is 19.9. The van der Waals surface area contributed by atoms with Crippen molar-refractivity contribution in [1.82, 2.24) is 15.0 Å². The van der Waals surface area contributed by atoms with Crippen molar-refractivity contribution in [2.24, 2.45) is 11.0 Å². The molecule has 1 heterocycles. The number of hydrazone groups is 1.